The van der Waals surface area contributed by atoms with Gasteiger partial charge in [0.1, 0.15) is 6.07 Å². The average Bonchev–Trinajstić information content (AvgIpc) is 2.39. The third-order valence-electron chi connectivity index (χ3n) is 2.85. The van der Waals surface area contributed by atoms with Crippen LogP contribution in [0.1, 0.15) is 28.2 Å². The lowest BCUT2D eigenvalue weighted by Gasteiger charge is -2.04. The summed E-state index contributed by atoms with van der Waals surface area (Å²) in [4.78, 5) is 4.43. The summed E-state index contributed by atoms with van der Waals surface area (Å²) in [7, 11) is 0. The van der Waals surface area contributed by atoms with Gasteiger partial charge >= 0.3 is 0 Å². The van der Waals surface area contributed by atoms with Gasteiger partial charge in [-0.05, 0) is 39.3 Å². The van der Waals surface area contributed by atoms with E-state index in [-0.39, 0.29) is 0 Å². The van der Waals surface area contributed by atoms with Crippen LogP contribution >= 0.6 is 0 Å². The molecule has 3 heteroatoms. The number of hydrogen-bond donors (Lipinski definition) is 0. The van der Waals surface area contributed by atoms with E-state index in [1.165, 1.54) is 0 Å². The molecule has 0 unspecified atom stereocenters. The summed E-state index contributed by atoms with van der Waals surface area (Å²) in [5.74, 6) is 0. The summed E-state index contributed by atoms with van der Waals surface area (Å²) in [6, 6.07) is 4.26. The maximum atomic E-state index is 9.11. The third kappa shape index (κ3) is 1.22. The van der Waals surface area contributed by atoms with Gasteiger partial charge in [-0.3, -0.25) is 0 Å². The molecule has 2 aromatic heterocycles. The smallest absolute Gasteiger partial charge is 0.155 e. The Bertz CT molecular complexity index is 585. The van der Waals surface area contributed by atoms with Gasteiger partial charge in [0.2, 0.25) is 0 Å². The van der Waals surface area contributed by atoms with Crippen LogP contribution in [-0.2, 0) is 0 Å². The number of aromatic nitrogens is 2. The van der Waals surface area contributed by atoms with Crippen molar-refractivity contribution in [3.8, 4) is 6.07 Å². The van der Waals surface area contributed by atoms with Crippen molar-refractivity contribution in [1.29, 1.82) is 5.26 Å². The first-order valence-corrected chi connectivity index (χ1v) is 4.92. The van der Waals surface area contributed by atoms with Gasteiger partial charge in [0.15, 0.2) is 5.65 Å². The number of nitriles is 1. The van der Waals surface area contributed by atoms with E-state index in [0.717, 1.165) is 28.3 Å². The molecule has 2 rings (SSSR count). The van der Waals surface area contributed by atoms with E-state index in [2.05, 4.69) is 11.1 Å². The van der Waals surface area contributed by atoms with E-state index in [0.29, 0.717) is 5.56 Å². The van der Waals surface area contributed by atoms with Gasteiger partial charge in [-0.2, -0.15) is 5.26 Å². The molecule has 0 saturated heterocycles. The van der Waals surface area contributed by atoms with Crippen LogP contribution in [0.2, 0.25) is 0 Å². The molecule has 0 aliphatic carbocycles. The van der Waals surface area contributed by atoms with Crippen LogP contribution in [0.3, 0.4) is 0 Å². The quantitative estimate of drug-likeness (QED) is 0.654. The predicted octanol–water partition coefficient (Wildman–Crippen LogP) is 2.44. The Morgan fingerprint density at radius 1 is 1.27 bits per heavy atom. The minimum absolute atomic E-state index is 0.694. The monoisotopic (exact) mass is 199 g/mol. The summed E-state index contributed by atoms with van der Waals surface area (Å²) < 4.78 is 2.04. The van der Waals surface area contributed by atoms with Crippen molar-refractivity contribution < 1.29 is 0 Å². The summed E-state index contributed by atoms with van der Waals surface area (Å²) in [5, 5.41) is 9.11. The first kappa shape index (κ1) is 9.72. The first-order chi connectivity index (χ1) is 7.06. The molecule has 0 aromatic carbocycles. The zero-order chi connectivity index (χ0) is 11.2. The Kier molecular flexibility index (Phi) is 2.01. The van der Waals surface area contributed by atoms with E-state index < -0.39 is 0 Å². The van der Waals surface area contributed by atoms with Crippen LogP contribution in [0, 0.1) is 39.0 Å². The zero-order valence-corrected chi connectivity index (χ0v) is 9.42. The molecule has 0 aliphatic rings. The molecule has 2 heterocycles. The molecule has 2 aromatic rings. The fraction of sp³-hybridized carbons (Fsp3) is 0.333. The second-order valence-corrected chi connectivity index (χ2v) is 3.90. The van der Waals surface area contributed by atoms with Crippen molar-refractivity contribution in [3.63, 3.8) is 0 Å². The molecule has 0 atom stereocenters. The Morgan fingerprint density at radius 3 is 2.53 bits per heavy atom. The van der Waals surface area contributed by atoms with Gasteiger partial charge in [0, 0.05) is 17.1 Å². The molecule has 0 saturated carbocycles. The van der Waals surface area contributed by atoms with E-state index >= 15 is 0 Å². The maximum Gasteiger partial charge on any atom is 0.155 e. The zero-order valence-electron chi connectivity index (χ0n) is 9.42. The molecule has 0 aliphatic heterocycles. The molecule has 15 heavy (non-hydrogen) atoms. The van der Waals surface area contributed by atoms with Gasteiger partial charge in [-0.15, -0.1) is 0 Å². The Labute approximate surface area is 89.0 Å². The van der Waals surface area contributed by atoms with E-state index in [4.69, 9.17) is 5.26 Å². The number of nitrogens with zero attached hydrogens (tertiary/aromatic N) is 3. The maximum absolute atomic E-state index is 9.11. The second kappa shape index (κ2) is 3.09. The van der Waals surface area contributed by atoms with Gasteiger partial charge in [0.05, 0.1) is 5.56 Å². The largest absolute Gasteiger partial charge is 0.302 e. The molecule has 0 spiro atoms. The Morgan fingerprint density at radius 2 is 1.93 bits per heavy atom. The molecule has 76 valence electrons. The van der Waals surface area contributed by atoms with Crippen molar-refractivity contribution in [1.82, 2.24) is 9.38 Å². The molecule has 0 radical (unpaired) electrons. The molecule has 0 amide bonds. The summed E-state index contributed by atoms with van der Waals surface area (Å²) in [6.07, 6.45) is 0. The number of aryl methyl sites for hydroxylation is 3. The van der Waals surface area contributed by atoms with E-state index in [1.807, 2.05) is 38.2 Å². The number of rotatable bonds is 0. The number of fused-ring (bicyclic) bond motifs is 1. The highest BCUT2D eigenvalue weighted by molar-refractivity contribution is 5.63. The lowest BCUT2D eigenvalue weighted by Crippen LogP contribution is -1.97. The lowest BCUT2D eigenvalue weighted by atomic mass is 10.2. The van der Waals surface area contributed by atoms with E-state index in [1.54, 1.807) is 0 Å². The van der Waals surface area contributed by atoms with Crippen LogP contribution in [0.15, 0.2) is 6.07 Å². The fourth-order valence-electron chi connectivity index (χ4n) is 2.02. The minimum Gasteiger partial charge on any atom is -0.302 e. The molecular formula is C12H13N3. The highest BCUT2D eigenvalue weighted by atomic mass is 15.0. The standard InChI is InChI=1S/C12H13N3/c1-7-5-8(2)15-10(4)9(3)11(6-13)12(15)14-7/h5H,1-4H3. The van der Waals surface area contributed by atoms with Crippen molar-refractivity contribution >= 4 is 5.65 Å². The van der Waals surface area contributed by atoms with Crippen molar-refractivity contribution in [2.45, 2.75) is 27.7 Å². The first-order valence-electron chi connectivity index (χ1n) is 4.92. The molecule has 0 fully saturated rings. The van der Waals surface area contributed by atoms with Crippen LogP contribution in [-0.4, -0.2) is 9.38 Å². The second-order valence-electron chi connectivity index (χ2n) is 3.90. The van der Waals surface area contributed by atoms with Gasteiger partial charge in [-0.25, -0.2) is 4.98 Å². The SMILES string of the molecule is Cc1cc(C)n2c(C)c(C)c(C#N)c2n1. The summed E-state index contributed by atoms with van der Waals surface area (Å²) in [5.41, 5.74) is 5.68. The van der Waals surface area contributed by atoms with Crippen LogP contribution in [0.5, 0.6) is 0 Å². The normalized spacial score (nSPS) is 10.6. The number of hydrogen-bond acceptors (Lipinski definition) is 2. The van der Waals surface area contributed by atoms with Gasteiger partial charge in [0.25, 0.3) is 0 Å². The van der Waals surface area contributed by atoms with Gasteiger partial charge in [-0.1, -0.05) is 0 Å². The molecular weight excluding hydrogens is 186 g/mol. The summed E-state index contributed by atoms with van der Waals surface area (Å²) in [6.45, 7) is 7.98. The highest BCUT2D eigenvalue weighted by Gasteiger charge is 2.14. The fourth-order valence-corrected chi connectivity index (χ4v) is 2.02. The topological polar surface area (TPSA) is 41.1 Å². The van der Waals surface area contributed by atoms with Crippen LogP contribution in [0.4, 0.5) is 0 Å². The highest BCUT2D eigenvalue weighted by Crippen LogP contribution is 2.22. The van der Waals surface area contributed by atoms with E-state index in [9.17, 15) is 0 Å². The molecule has 3 nitrogen and oxygen atoms in total. The van der Waals surface area contributed by atoms with Crippen molar-refractivity contribution in [2.75, 3.05) is 0 Å². The Hall–Kier alpha value is -1.82. The average molecular weight is 199 g/mol. The summed E-state index contributed by atoms with van der Waals surface area (Å²) >= 11 is 0. The lowest BCUT2D eigenvalue weighted by molar-refractivity contribution is 0.983. The van der Waals surface area contributed by atoms with Gasteiger partial charge < -0.3 is 4.40 Å². The van der Waals surface area contributed by atoms with Crippen LogP contribution < -0.4 is 0 Å². The predicted molar refractivity (Wildman–Crippen MR) is 58.9 cm³/mol. The third-order valence-corrected chi connectivity index (χ3v) is 2.85. The van der Waals surface area contributed by atoms with Crippen molar-refractivity contribution in [3.05, 3.63) is 34.3 Å². The molecule has 0 bridgehead atoms. The van der Waals surface area contributed by atoms with Crippen LogP contribution in [0.25, 0.3) is 5.65 Å². The Balaban J connectivity index is 3.05. The minimum atomic E-state index is 0.694. The molecule has 0 N–H and O–H groups in total. The van der Waals surface area contributed by atoms with Crippen molar-refractivity contribution in [2.24, 2.45) is 0 Å².